The third-order valence-electron chi connectivity index (χ3n) is 5.61. The van der Waals surface area contributed by atoms with Crippen molar-refractivity contribution in [3.8, 4) is 11.4 Å². The van der Waals surface area contributed by atoms with Crippen LogP contribution in [0.2, 0.25) is 0 Å². The Labute approximate surface area is 204 Å². The van der Waals surface area contributed by atoms with E-state index in [1.807, 2.05) is 29.7 Å². The lowest BCUT2D eigenvalue weighted by Crippen LogP contribution is -2.27. The van der Waals surface area contributed by atoms with Crippen molar-refractivity contribution < 1.29 is 13.2 Å². The minimum absolute atomic E-state index is 0.170. The molecule has 8 nitrogen and oxygen atoms in total. The van der Waals surface area contributed by atoms with E-state index in [2.05, 4.69) is 28.5 Å². The van der Waals surface area contributed by atoms with Gasteiger partial charge >= 0.3 is 0 Å². The van der Waals surface area contributed by atoms with Crippen LogP contribution < -0.4 is 5.32 Å². The third-order valence-corrected chi connectivity index (χ3v) is 8.49. The van der Waals surface area contributed by atoms with E-state index in [1.165, 1.54) is 16.1 Å². The van der Waals surface area contributed by atoms with Gasteiger partial charge < -0.3 is 9.88 Å². The molecule has 2 aromatic carbocycles. The van der Waals surface area contributed by atoms with Crippen molar-refractivity contribution in [2.75, 3.05) is 24.2 Å². The molecule has 0 spiro atoms. The van der Waals surface area contributed by atoms with E-state index in [9.17, 15) is 13.2 Å². The van der Waals surface area contributed by atoms with Gasteiger partial charge in [0.25, 0.3) is 0 Å². The van der Waals surface area contributed by atoms with Gasteiger partial charge in [0.2, 0.25) is 15.9 Å². The second-order valence-electron chi connectivity index (χ2n) is 8.30. The molecule has 2 heterocycles. The van der Waals surface area contributed by atoms with E-state index in [0.717, 1.165) is 42.8 Å². The van der Waals surface area contributed by atoms with E-state index in [1.54, 1.807) is 24.3 Å². The molecule has 34 heavy (non-hydrogen) atoms. The molecule has 1 amide bonds. The molecule has 4 rings (SSSR count). The van der Waals surface area contributed by atoms with Gasteiger partial charge in [-0.3, -0.25) is 4.79 Å². The second-order valence-corrected chi connectivity index (χ2v) is 11.2. The first-order valence-electron chi connectivity index (χ1n) is 11.4. The molecule has 3 aromatic rings. The Kier molecular flexibility index (Phi) is 7.70. The highest BCUT2D eigenvalue weighted by atomic mass is 32.2. The zero-order valence-corrected chi connectivity index (χ0v) is 21.0. The fraction of sp³-hybridized carbons (Fsp3) is 0.375. The first kappa shape index (κ1) is 24.4. The van der Waals surface area contributed by atoms with Gasteiger partial charge in [0.1, 0.15) is 0 Å². The summed E-state index contributed by atoms with van der Waals surface area (Å²) in [4.78, 5) is 12.8. The van der Waals surface area contributed by atoms with Gasteiger partial charge in [0.05, 0.1) is 10.6 Å². The number of thioether (sulfide) groups is 1. The van der Waals surface area contributed by atoms with Gasteiger partial charge in [-0.05, 0) is 56.5 Å². The lowest BCUT2D eigenvalue weighted by atomic mass is 10.1. The number of hydrogen-bond acceptors (Lipinski definition) is 6. The Balaban J connectivity index is 1.39. The van der Waals surface area contributed by atoms with Crippen LogP contribution in [0.4, 0.5) is 5.69 Å². The zero-order valence-electron chi connectivity index (χ0n) is 19.4. The number of hydrogen-bond donors (Lipinski definition) is 1. The lowest BCUT2D eigenvalue weighted by molar-refractivity contribution is -0.113. The van der Waals surface area contributed by atoms with Gasteiger partial charge in [0.15, 0.2) is 11.0 Å². The van der Waals surface area contributed by atoms with Gasteiger partial charge in [0, 0.05) is 30.9 Å². The number of nitrogens with zero attached hydrogens (tertiary/aromatic N) is 4. The van der Waals surface area contributed by atoms with Crippen molar-refractivity contribution in [2.24, 2.45) is 0 Å². The molecule has 1 saturated heterocycles. The molecule has 1 fully saturated rings. The molecule has 10 heteroatoms. The summed E-state index contributed by atoms with van der Waals surface area (Å²) in [5.41, 5.74) is 2.71. The molecule has 1 aromatic heterocycles. The summed E-state index contributed by atoms with van der Waals surface area (Å²) in [6.07, 6.45) is 2.70. The van der Waals surface area contributed by atoms with Crippen molar-refractivity contribution in [1.29, 1.82) is 0 Å². The second kappa shape index (κ2) is 10.7. The Morgan fingerprint density at radius 3 is 2.50 bits per heavy atom. The highest BCUT2D eigenvalue weighted by Gasteiger charge is 2.27. The molecule has 0 bridgehead atoms. The molecule has 1 aliphatic rings. The van der Waals surface area contributed by atoms with Gasteiger partial charge in [-0.2, -0.15) is 4.31 Å². The average molecular weight is 500 g/mol. The largest absolute Gasteiger partial charge is 0.325 e. The van der Waals surface area contributed by atoms with Crippen LogP contribution in [0.25, 0.3) is 11.4 Å². The Morgan fingerprint density at radius 2 is 1.82 bits per heavy atom. The maximum Gasteiger partial charge on any atom is 0.243 e. The minimum Gasteiger partial charge on any atom is -0.325 e. The number of amides is 1. The summed E-state index contributed by atoms with van der Waals surface area (Å²) in [6.45, 7) is 6.01. The Hall–Kier alpha value is -2.69. The monoisotopic (exact) mass is 499 g/mol. The fourth-order valence-corrected chi connectivity index (χ4v) is 6.21. The van der Waals surface area contributed by atoms with E-state index < -0.39 is 10.0 Å². The predicted molar refractivity (Wildman–Crippen MR) is 134 cm³/mol. The number of rotatable bonds is 9. The van der Waals surface area contributed by atoms with Crippen LogP contribution in [0.3, 0.4) is 0 Å². The number of carbonyl (C=O) groups is 1. The first-order valence-corrected chi connectivity index (χ1v) is 13.8. The predicted octanol–water partition coefficient (Wildman–Crippen LogP) is 4.18. The molecule has 180 valence electrons. The average Bonchev–Trinajstić information content (AvgIpc) is 3.49. The molecule has 1 aliphatic heterocycles. The maximum absolute atomic E-state index is 12.7. The maximum atomic E-state index is 12.7. The van der Waals surface area contributed by atoms with Crippen LogP contribution in [0.1, 0.15) is 31.7 Å². The summed E-state index contributed by atoms with van der Waals surface area (Å²) in [5.74, 6) is 0.773. The van der Waals surface area contributed by atoms with E-state index in [4.69, 9.17) is 0 Å². The minimum atomic E-state index is -3.47. The normalized spacial score (nSPS) is 14.4. The van der Waals surface area contributed by atoms with Crippen molar-refractivity contribution in [3.05, 3.63) is 54.1 Å². The zero-order chi connectivity index (χ0) is 24.1. The van der Waals surface area contributed by atoms with E-state index >= 15 is 0 Å². The SMILES string of the molecule is CCCn1c(SCC(=O)Nc2ccc(S(=O)(=O)N3CCCC3)cc2)nnc1-c1cccc(C)c1. The highest BCUT2D eigenvalue weighted by Crippen LogP contribution is 2.26. The van der Waals surface area contributed by atoms with Crippen molar-refractivity contribution in [2.45, 2.75) is 49.7 Å². The van der Waals surface area contributed by atoms with Gasteiger partial charge in [-0.15, -0.1) is 10.2 Å². The number of aryl methyl sites for hydroxylation is 1. The number of aromatic nitrogens is 3. The molecule has 0 atom stereocenters. The number of anilines is 1. The topological polar surface area (TPSA) is 97.2 Å². The smallest absolute Gasteiger partial charge is 0.243 e. The number of benzene rings is 2. The van der Waals surface area contributed by atoms with Crippen LogP contribution in [-0.2, 0) is 21.4 Å². The van der Waals surface area contributed by atoms with Crippen molar-refractivity contribution >= 4 is 33.4 Å². The van der Waals surface area contributed by atoms with Gasteiger partial charge in [-0.25, -0.2) is 8.42 Å². The quantitative estimate of drug-likeness (QED) is 0.444. The van der Waals surface area contributed by atoms with Gasteiger partial charge in [-0.1, -0.05) is 42.4 Å². The van der Waals surface area contributed by atoms with Crippen LogP contribution in [0, 0.1) is 6.92 Å². The molecular weight excluding hydrogens is 470 g/mol. The third kappa shape index (κ3) is 5.51. The molecular formula is C24H29N5O3S2. The summed E-state index contributed by atoms with van der Waals surface area (Å²) in [6, 6.07) is 14.5. The Bertz CT molecular complexity index is 1250. The van der Waals surface area contributed by atoms with Crippen LogP contribution in [-0.4, -0.2) is 52.2 Å². The molecule has 0 radical (unpaired) electrons. The number of sulfonamides is 1. The standard InChI is InChI=1S/C24H29N5O3S2/c1-3-13-29-23(19-8-6-7-18(2)16-19)26-27-24(29)33-17-22(30)25-20-9-11-21(12-10-20)34(31,32)28-14-4-5-15-28/h6-12,16H,3-5,13-15,17H2,1-2H3,(H,25,30). The summed E-state index contributed by atoms with van der Waals surface area (Å²) in [5, 5.41) is 12.2. The molecule has 0 saturated carbocycles. The Morgan fingerprint density at radius 1 is 1.09 bits per heavy atom. The highest BCUT2D eigenvalue weighted by molar-refractivity contribution is 7.99. The van der Waals surface area contributed by atoms with E-state index in [0.29, 0.717) is 23.9 Å². The summed E-state index contributed by atoms with van der Waals surface area (Å²) in [7, 11) is -3.47. The molecule has 1 N–H and O–H groups in total. The van der Waals surface area contributed by atoms with Crippen LogP contribution >= 0.6 is 11.8 Å². The summed E-state index contributed by atoms with van der Waals surface area (Å²) < 4.78 is 28.9. The lowest BCUT2D eigenvalue weighted by Gasteiger charge is -2.15. The van der Waals surface area contributed by atoms with Crippen LogP contribution in [0.15, 0.2) is 58.6 Å². The van der Waals surface area contributed by atoms with Crippen molar-refractivity contribution in [3.63, 3.8) is 0 Å². The molecule has 0 unspecified atom stereocenters. The van der Waals surface area contributed by atoms with Crippen LogP contribution in [0.5, 0.6) is 0 Å². The number of carbonyl (C=O) groups excluding carboxylic acids is 1. The first-order chi connectivity index (χ1) is 16.4. The molecule has 0 aliphatic carbocycles. The fourth-order valence-electron chi connectivity index (χ4n) is 3.93. The van der Waals surface area contributed by atoms with E-state index in [-0.39, 0.29) is 16.6 Å². The van der Waals surface area contributed by atoms with Crippen molar-refractivity contribution in [1.82, 2.24) is 19.1 Å². The summed E-state index contributed by atoms with van der Waals surface area (Å²) >= 11 is 1.33. The number of nitrogens with one attached hydrogen (secondary N) is 1.